The maximum absolute atomic E-state index is 12.0. The Morgan fingerprint density at radius 3 is 2.25 bits per heavy atom. The van der Waals surface area contributed by atoms with Gasteiger partial charge in [-0.15, -0.1) is 0 Å². The van der Waals surface area contributed by atoms with Gasteiger partial charge in [-0.05, 0) is 51.5 Å². The lowest BCUT2D eigenvalue weighted by atomic mass is 10.1. The zero-order valence-electron chi connectivity index (χ0n) is 12.9. The first kappa shape index (κ1) is 16.5. The molecular weight excluding hydrogens is 252 g/mol. The smallest absolute Gasteiger partial charge is 0.251 e. The number of anilines is 1. The predicted molar refractivity (Wildman–Crippen MR) is 83.2 cm³/mol. The van der Waals surface area contributed by atoms with Crippen LogP contribution in [0.1, 0.15) is 44.5 Å². The normalized spacial score (nSPS) is 12.3. The lowest BCUT2D eigenvalue weighted by Gasteiger charge is -2.27. The number of nitrogens with zero attached hydrogens (tertiary/aromatic N) is 1. The Morgan fingerprint density at radius 2 is 1.85 bits per heavy atom. The Labute approximate surface area is 121 Å². The summed E-state index contributed by atoms with van der Waals surface area (Å²) in [7, 11) is 0. The van der Waals surface area contributed by atoms with Crippen molar-refractivity contribution in [1.82, 2.24) is 5.32 Å². The zero-order chi connectivity index (χ0) is 15.1. The molecule has 4 heteroatoms. The van der Waals surface area contributed by atoms with Crippen LogP contribution in [0, 0.1) is 0 Å². The van der Waals surface area contributed by atoms with Crippen LogP contribution in [0.2, 0.25) is 0 Å². The van der Waals surface area contributed by atoms with Crippen molar-refractivity contribution in [3.05, 3.63) is 29.8 Å². The van der Waals surface area contributed by atoms with Gasteiger partial charge in [-0.1, -0.05) is 6.92 Å². The van der Waals surface area contributed by atoms with Gasteiger partial charge < -0.3 is 15.3 Å². The molecular formula is C16H26N2O2. The third kappa shape index (κ3) is 4.23. The van der Waals surface area contributed by atoms with E-state index < -0.39 is 0 Å². The molecule has 4 nitrogen and oxygen atoms in total. The maximum Gasteiger partial charge on any atom is 0.251 e. The molecule has 112 valence electrons. The van der Waals surface area contributed by atoms with E-state index in [1.54, 1.807) is 0 Å². The molecule has 0 radical (unpaired) electrons. The van der Waals surface area contributed by atoms with Gasteiger partial charge in [-0.2, -0.15) is 0 Å². The number of hydrogen-bond acceptors (Lipinski definition) is 3. The molecule has 1 unspecified atom stereocenters. The van der Waals surface area contributed by atoms with Gasteiger partial charge in [-0.3, -0.25) is 4.79 Å². The second-order valence-electron chi connectivity index (χ2n) is 5.19. The Morgan fingerprint density at radius 1 is 1.25 bits per heavy atom. The quantitative estimate of drug-likeness (QED) is 0.805. The van der Waals surface area contributed by atoms with Gasteiger partial charge in [0, 0.05) is 23.8 Å². The van der Waals surface area contributed by atoms with Crippen LogP contribution >= 0.6 is 0 Å². The molecule has 0 heterocycles. The zero-order valence-corrected chi connectivity index (χ0v) is 12.9. The molecule has 1 rings (SSSR count). The van der Waals surface area contributed by atoms with E-state index in [2.05, 4.69) is 31.0 Å². The fraction of sp³-hybridized carbons (Fsp3) is 0.562. The van der Waals surface area contributed by atoms with E-state index in [-0.39, 0.29) is 18.6 Å². The molecule has 0 bridgehead atoms. The summed E-state index contributed by atoms with van der Waals surface area (Å²) in [4.78, 5) is 14.3. The number of carbonyl (C=O) groups is 1. The summed E-state index contributed by atoms with van der Waals surface area (Å²) in [5.74, 6) is -0.134. The minimum atomic E-state index is -0.176. The number of rotatable bonds is 7. The second-order valence-corrected chi connectivity index (χ2v) is 5.19. The van der Waals surface area contributed by atoms with Gasteiger partial charge in [-0.25, -0.2) is 0 Å². The average molecular weight is 278 g/mol. The molecule has 1 atom stereocenters. The summed E-state index contributed by atoms with van der Waals surface area (Å²) in [5, 5.41) is 11.9. The summed E-state index contributed by atoms with van der Waals surface area (Å²) in [6.45, 7) is 9.26. The van der Waals surface area contributed by atoms with Crippen molar-refractivity contribution >= 4 is 11.6 Å². The van der Waals surface area contributed by atoms with E-state index in [1.807, 2.05) is 31.2 Å². The van der Waals surface area contributed by atoms with Gasteiger partial charge in [0.05, 0.1) is 12.6 Å². The van der Waals surface area contributed by atoms with Crippen LogP contribution < -0.4 is 10.2 Å². The Balaban J connectivity index is 2.78. The molecule has 1 amide bonds. The van der Waals surface area contributed by atoms with Crippen LogP contribution in [-0.4, -0.2) is 36.2 Å². The van der Waals surface area contributed by atoms with Crippen molar-refractivity contribution in [3.63, 3.8) is 0 Å². The van der Waals surface area contributed by atoms with E-state index >= 15 is 0 Å². The highest BCUT2D eigenvalue weighted by Gasteiger charge is 2.12. The summed E-state index contributed by atoms with van der Waals surface area (Å²) < 4.78 is 0. The molecule has 0 saturated heterocycles. The summed E-state index contributed by atoms with van der Waals surface area (Å²) in [6, 6.07) is 7.86. The Hall–Kier alpha value is -1.55. The molecule has 0 aliphatic rings. The van der Waals surface area contributed by atoms with Gasteiger partial charge in [0.25, 0.3) is 5.91 Å². The largest absolute Gasteiger partial charge is 0.394 e. The topological polar surface area (TPSA) is 52.6 Å². The van der Waals surface area contributed by atoms with Crippen molar-refractivity contribution in [2.24, 2.45) is 0 Å². The number of aliphatic hydroxyl groups is 1. The van der Waals surface area contributed by atoms with Crippen LogP contribution in [0.15, 0.2) is 24.3 Å². The first-order valence-corrected chi connectivity index (χ1v) is 7.31. The number of amides is 1. The monoisotopic (exact) mass is 278 g/mol. The fourth-order valence-corrected chi connectivity index (χ4v) is 2.20. The van der Waals surface area contributed by atoms with Gasteiger partial charge in [0.1, 0.15) is 0 Å². The van der Waals surface area contributed by atoms with E-state index in [4.69, 9.17) is 5.11 Å². The Bertz CT molecular complexity index is 411. The number of carbonyl (C=O) groups excluding carboxylic acids is 1. The van der Waals surface area contributed by atoms with Crippen molar-refractivity contribution in [3.8, 4) is 0 Å². The van der Waals surface area contributed by atoms with Gasteiger partial charge in [0.15, 0.2) is 0 Å². The van der Waals surface area contributed by atoms with Crippen LogP contribution in [0.25, 0.3) is 0 Å². The average Bonchev–Trinajstić information content (AvgIpc) is 2.45. The lowest BCUT2D eigenvalue weighted by molar-refractivity contribution is 0.0915. The van der Waals surface area contributed by atoms with Crippen LogP contribution in [0.3, 0.4) is 0 Å². The van der Waals surface area contributed by atoms with Crippen molar-refractivity contribution in [2.45, 2.75) is 46.2 Å². The van der Waals surface area contributed by atoms with Gasteiger partial charge >= 0.3 is 0 Å². The molecule has 1 aromatic carbocycles. The maximum atomic E-state index is 12.0. The highest BCUT2D eigenvalue weighted by molar-refractivity contribution is 5.94. The van der Waals surface area contributed by atoms with E-state index in [9.17, 15) is 4.79 Å². The molecule has 0 aliphatic heterocycles. The predicted octanol–water partition coefficient (Wildman–Crippen LogP) is 2.42. The molecule has 1 aromatic rings. The number of nitrogens with one attached hydrogen (secondary N) is 1. The van der Waals surface area contributed by atoms with E-state index in [0.29, 0.717) is 11.6 Å². The first-order valence-electron chi connectivity index (χ1n) is 7.31. The van der Waals surface area contributed by atoms with E-state index in [0.717, 1.165) is 18.7 Å². The van der Waals surface area contributed by atoms with Crippen molar-refractivity contribution in [2.75, 3.05) is 18.1 Å². The van der Waals surface area contributed by atoms with Crippen molar-refractivity contribution < 1.29 is 9.90 Å². The first-order chi connectivity index (χ1) is 9.53. The molecule has 20 heavy (non-hydrogen) atoms. The third-order valence-electron chi connectivity index (χ3n) is 3.47. The fourth-order valence-electron chi connectivity index (χ4n) is 2.20. The SMILES string of the molecule is CCC(CO)NC(=O)c1ccc(N(CC)C(C)C)cc1. The molecule has 0 fully saturated rings. The van der Waals surface area contributed by atoms with Crippen LogP contribution in [-0.2, 0) is 0 Å². The minimum Gasteiger partial charge on any atom is -0.394 e. The second kappa shape index (κ2) is 7.90. The highest BCUT2D eigenvalue weighted by atomic mass is 16.3. The standard InChI is InChI=1S/C16H26N2O2/c1-5-14(11-19)17-16(20)13-7-9-15(10-8-13)18(6-2)12(3)4/h7-10,12,14,19H,5-6,11H2,1-4H3,(H,17,20). The minimum absolute atomic E-state index is 0.0305. The van der Waals surface area contributed by atoms with Crippen LogP contribution in [0.5, 0.6) is 0 Å². The van der Waals surface area contributed by atoms with E-state index in [1.165, 1.54) is 0 Å². The molecule has 0 aliphatic carbocycles. The molecule has 0 spiro atoms. The summed E-state index contributed by atoms with van der Waals surface area (Å²) >= 11 is 0. The molecule has 2 N–H and O–H groups in total. The Kier molecular flexibility index (Phi) is 6.52. The highest BCUT2D eigenvalue weighted by Crippen LogP contribution is 2.17. The lowest BCUT2D eigenvalue weighted by Crippen LogP contribution is -2.37. The third-order valence-corrected chi connectivity index (χ3v) is 3.47. The summed E-state index contributed by atoms with van der Waals surface area (Å²) in [6.07, 6.45) is 0.720. The van der Waals surface area contributed by atoms with Crippen molar-refractivity contribution in [1.29, 1.82) is 0 Å². The van der Waals surface area contributed by atoms with Gasteiger partial charge in [0.2, 0.25) is 0 Å². The summed E-state index contributed by atoms with van der Waals surface area (Å²) in [5.41, 5.74) is 1.74. The number of hydrogen-bond donors (Lipinski definition) is 2. The number of benzene rings is 1. The molecule has 0 aromatic heterocycles. The molecule has 0 saturated carbocycles. The van der Waals surface area contributed by atoms with Crippen LogP contribution in [0.4, 0.5) is 5.69 Å². The number of aliphatic hydroxyl groups excluding tert-OH is 1.